The number of aliphatic hydroxyl groups excluding tert-OH is 1. The Hall–Kier alpha value is -1.94. The zero-order valence-corrected chi connectivity index (χ0v) is 67.1. The van der Waals surface area contributed by atoms with E-state index in [1.165, 1.54) is 257 Å². The van der Waals surface area contributed by atoms with E-state index in [-0.39, 0.29) is 25.7 Å². The van der Waals surface area contributed by atoms with Crippen LogP contribution in [-0.4, -0.2) is 96.7 Å². The van der Waals surface area contributed by atoms with Gasteiger partial charge >= 0.3 is 39.5 Å². The monoisotopic (exact) mass is 1470 g/mol. The minimum atomic E-state index is -4.96. The van der Waals surface area contributed by atoms with Gasteiger partial charge in [0.25, 0.3) is 0 Å². The minimum Gasteiger partial charge on any atom is -0.462 e. The Bertz CT molecular complexity index is 1910. The summed E-state index contributed by atoms with van der Waals surface area (Å²) >= 11 is 0. The van der Waals surface area contributed by atoms with E-state index in [1.807, 2.05) is 0 Å². The molecule has 0 bridgehead atoms. The number of hydrogen-bond donors (Lipinski definition) is 3. The lowest BCUT2D eigenvalue weighted by Crippen LogP contribution is -2.30. The number of phosphoric acid groups is 2. The van der Waals surface area contributed by atoms with Gasteiger partial charge in [0, 0.05) is 25.7 Å². The highest BCUT2D eigenvalue weighted by Crippen LogP contribution is 2.45. The molecule has 0 amide bonds. The van der Waals surface area contributed by atoms with Gasteiger partial charge in [-0.1, -0.05) is 381 Å². The Morgan fingerprint density at radius 1 is 0.280 bits per heavy atom. The molecule has 0 aromatic heterocycles. The van der Waals surface area contributed by atoms with E-state index in [4.69, 9.17) is 37.0 Å². The SMILES string of the molecule is CCCCCCCCCCCCCCCC(=O)OC[C@H](COP(=O)(O)OC[C@@H](O)COP(=O)(O)OC[C@@H](COC(=O)CCCCCCCCCCCCCC)OC(=O)CCCCCCCCCCCCCCC)OC(=O)CCCCCCCCCCCCCCCCCCCCC(C)CC. The number of carbonyl (C=O) groups excluding carboxylic acids is 4. The second-order valence-electron chi connectivity index (χ2n) is 29.4. The van der Waals surface area contributed by atoms with E-state index in [0.717, 1.165) is 95.8 Å². The van der Waals surface area contributed by atoms with Gasteiger partial charge in [0.2, 0.25) is 0 Å². The Kier molecular flexibility index (Phi) is 72.5. The van der Waals surface area contributed by atoms with Crippen molar-refractivity contribution in [3.63, 3.8) is 0 Å². The van der Waals surface area contributed by atoms with Gasteiger partial charge in [0.1, 0.15) is 19.3 Å². The van der Waals surface area contributed by atoms with Crippen molar-refractivity contribution in [2.24, 2.45) is 5.92 Å². The molecule has 594 valence electrons. The first-order valence-electron chi connectivity index (χ1n) is 42.2. The van der Waals surface area contributed by atoms with Gasteiger partial charge in [-0.25, -0.2) is 9.13 Å². The fourth-order valence-electron chi connectivity index (χ4n) is 12.6. The third-order valence-electron chi connectivity index (χ3n) is 19.4. The van der Waals surface area contributed by atoms with Crippen molar-refractivity contribution in [3.8, 4) is 0 Å². The predicted octanol–water partition coefficient (Wildman–Crippen LogP) is 24.4. The Morgan fingerprint density at radius 3 is 0.710 bits per heavy atom. The van der Waals surface area contributed by atoms with Crippen molar-refractivity contribution in [1.29, 1.82) is 0 Å². The molecule has 19 heteroatoms. The first kappa shape index (κ1) is 98.1. The largest absolute Gasteiger partial charge is 0.472 e. The number of carbonyl (C=O) groups is 4. The van der Waals surface area contributed by atoms with Gasteiger partial charge in [-0.05, 0) is 31.6 Å². The first-order valence-corrected chi connectivity index (χ1v) is 45.2. The maximum absolute atomic E-state index is 13.1. The van der Waals surface area contributed by atoms with Crippen molar-refractivity contribution < 1.29 is 80.2 Å². The van der Waals surface area contributed by atoms with Gasteiger partial charge in [-0.2, -0.15) is 0 Å². The molecule has 0 rings (SSSR count). The lowest BCUT2D eigenvalue weighted by atomic mass is 9.99. The molecule has 17 nitrogen and oxygen atoms in total. The summed E-state index contributed by atoms with van der Waals surface area (Å²) in [6.45, 7) is 7.40. The highest BCUT2D eigenvalue weighted by molar-refractivity contribution is 7.47. The van der Waals surface area contributed by atoms with Crippen LogP contribution in [0.5, 0.6) is 0 Å². The highest BCUT2D eigenvalue weighted by Gasteiger charge is 2.30. The molecule has 0 aromatic carbocycles. The topological polar surface area (TPSA) is 237 Å². The van der Waals surface area contributed by atoms with Crippen LogP contribution >= 0.6 is 15.6 Å². The Labute approximate surface area is 613 Å². The average molecular weight is 1470 g/mol. The number of ether oxygens (including phenoxy) is 4. The van der Waals surface area contributed by atoms with Crippen LogP contribution < -0.4 is 0 Å². The summed E-state index contributed by atoms with van der Waals surface area (Å²) in [4.78, 5) is 73.0. The summed E-state index contributed by atoms with van der Waals surface area (Å²) in [6, 6.07) is 0. The molecule has 6 atom stereocenters. The molecular weight excluding hydrogens is 1310 g/mol. The fraction of sp³-hybridized carbons (Fsp3) is 0.951. The van der Waals surface area contributed by atoms with Crippen LogP contribution in [0.1, 0.15) is 433 Å². The van der Waals surface area contributed by atoms with E-state index in [9.17, 15) is 43.2 Å². The standard InChI is InChI=1S/C81H158O17P2/c1-6-10-13-16-19-22-25-34-40-45-50-55-60-65-79(84)92-71-77(98-81(86)67-62-57-52-47-42-37-33-31-29-28-30-32-36-38-43-48-53-58-63-74(5)9-4)73-96-100(89,90)94-69-75(82)68-93-99(87,88)95-72-76(70-91-78(83)64-59-54-49-44-39-27-24-21-18-15-12-8-3)97-80(85)66-61-56-51-46-41-35-26-23-20-17-14-11-7-2/h74-77,82H,6-73H2,1-5H3,(H,87,88)(H,89,90)/t74?,75-,76+,77+/m0/s1. The molecule has 0 saturated heterocycles. The number of phosphoric ester groups is 2. The number of hydrogen-bond acceptors (Lipinski definition) is 15. The van der Waals surface area contributed by atoms with Gasteiger partial charge in [-0.15, -0.1) is 0 Å². The summed E-state index contributed by atoms with van der Waals surface area (Å²) in [6.07, 6.45) is 65.0. The molecule has 3 unspecified atom stereocenters. The van der Waals surface area contributed by atoms with Crippen LogP contribution in [0.2, 0.25) is 0 Å². The van der Waals surface area contributed by atoms with E-state index in [0.29, 0.717) is 25.7 Å². The smallest absolute Gasteiger partial charge is 0.462 e. The summed E-state index contributed by atoms with van der Waals surface area (Å²) in [7, 11) is -9.92. The van der Waals surface area contributed by atoms with Crippen molar-refractivity contribution in [2.75, 3.05) is 39.6 Å². The zero-order valence-electron chi connectivity index (χ0n) is 65.3. The molecule has 0 aliphatic heterocycles. The van der Waals surface area contributed by atoms with E-state index < -0.39 is 97.5 Å². The van der Waals surface area contributed by atoms with Crippen molar-refractivity contribution in [3.05, 3.63) is 0 Å². The molecule has 0 fully saturated rings. The number of aliphatic hydroxyl groups is 1. The summed E-state index contributed by atoms with van der Waals surface area (Å²) in [5.74, 6) is -1.23. The van der Waals surface area contributed by atoms with Crippen LogP contribution in [0.25, 0.3) is 0 Å². The van der Waals surface area contributed by atoms with Gasteiger partial charge in [0.05, 0.1) is 26.4 Å². The second kappa shape index (κ2) is 73.9. The maximum Gasteiger partial charge on any atom is 0.472 e. The van der Waals surface area contributed by atoms with Crippen molar-refractivity contribution in [2.45, 2.75) is 451 Å². The van der Waals surface area contributed by atoms with Crippen LogP contribution in [-0.2, 0) is 65.4 Å². The molecule has 3 N–H and O–H groups in total. The maximum atomic E-state index is 13.1. The molecule has 100 heavy (non-hydrogen) atoms. The van der Waals surface area contributed by atoms with Gasteiger partial charge in [0.15, 0.2) is 12.2 Å². The van der Waals surface area contributed by atoms with Crippen LogP contribution in [0.4, 0.5) is 0 Å². The molecular formula is C81H158O17P2. The van der Waals surface area contributed by atoms with Crippen molar-refractivity contribution in [1.82, 2.24) is 0 Å². The van der Waals surface area contributed by atoms with E-state index in [2.05, 4.69) is 34.6 Å². The Balaban J connectivity index is 5.21. The lowest BCUT2D eigenvalue weighted by Gasteiger charge is -2.21. The van der Waals surface area contributed by atoms with E-state index >= 15 is 0 Å². The molecule has 0 saturated carbocycles. The zero-order chi connectivity index (χ0) is 73.4. The third-order valence-corrected chi connectivity index (χ3v) is 21.3. The molecule has 0 aliphatic rings. The minimum absolute atomic E-state index is 0.108. The highest BCUT2D eigenvalue weighted by atomic mass is 31.2. The van der Waals surface area contributed by atoms with E-state index in [1.54, 1.807) is 0 Å². The van der Waals surface area contributed by atoms with Gasteiger partial charge in [-0.3, -0.25) is 37.3 Å². The van der Waals surface area contributed by atoms with Gasteiger partial charge < -0.3 is 33.8 Å². The summed E-state index contributed by atoms with van der Waals surface area (Å²) in [5.41, 5.74) is 0. The number of unbranched alkanes of at least 4 members (excludes halogenated alkanes) is 52. The van der Waals surface area contributed by atoms with Crippen molar-refractivity contribution >= 4 is 39.5 Å². The Morgan fingerprint density at radius 2 is 0.480 bits per heavy atom. The fourth-order valence-corrected chi connectivity index (χ4v) is 14.1. The second-order valence-corrected chi connectivity index (χ2v) is 32.3. The first-order chi connectivity index (χ1) is 48.6. The predicted molar refractivity (Wildman–Crippen MR) is 409 cm³/mol. The summed E-state index contributed by atoms with van der Waals surface area (Å²) < 4.78 is 68.7. The normalized spacial score (nSPS) is 14.1. The molecule has 0 aliphatic carbocycles. The number of esters is 4. The molecule has 0 radical (unpaired) electrons. The third kappa shape index (κ3) is 73.0. The van der Waals surface area contributed by atoms with Crippen LogP contribution in [0.15, 0.2) is 0 Å². The summed E-state index contributed by atoms with van der Waals surface area (Å²) in [5, 5.41) is 10.6. The molecule has 0 spiro atoms. The molecule has 0 heterocycles. The quantitative estimate of drug-likeness (QED) is 0.0222. The van der Waals surface area contributed by atoms with Crippen LogP contribution in [0, 0.1) is 5.92 Å². The van der Waals surface area contributed by atoms with Crippen LogP contribution in [0.3, 0.4) is 0 Å². The molecule has 0 aromatic rings. The number of rotatable bonds is 81. The average Bonchev–Trinajstić information content (AvgIpc) is 0.974. The lowest BCUT2D eigenvalue weighted by molar-refractivity contribution is -0.161.